The van der Waals surface area contributed by atoms with Crippen LogP contribution >= 0.6 is 0 Å². The normalized spacial score (nSPS) is 27.3. The molecule has 1 N–H and O–H groups in total. The van der Waals surface area contributed by atoms with Gasteiger partial charge in [-0.15, -0.1) is 0 Å². The first-order valence-electron chi connectivity index (χ1n) is 10.6. The fourth-order valence-corrected chi connectivity index (χ4v) is 5.22. The molecule has 1 aliphatic carbocycles. The number of benzene rings is 2. The molecule has 0 radical (unpaired) electrons. The highest BCUT2D eigenvalue weighted by Gasteiger charge is 2.64. The SMILES string of the molecule is C[C@H]1C=C(C=O)[C@H](c2ccccc2)[C@]2(C(=O)Nc3ccccc32)[C@@H]1C(=O)OC(C)(C)C. The molecule has 2 aliphatic rings. The predicted octanol–water partition coefficient (Wildman–Crippen LogP) is 4.39. The van der Waals surface area contributed by atoms with Gasteiger partial charge in [-0.2, -0.15) is 0 Å². The molecule has 1 amide bonds. The van der Waals surface area contributed by atoms with Gasteiger partial charge in [-0.05, 0) is 49.5 Å². The molecule has 0 saturated heterocycles. The van der Waals surface area contributed by atoms with Gasteiger partial charge in [0.15, 0.2) is 0 Å². The van der Waals surface area contributed by atoms with Crippen LogP contribution in [0.1, 0.15) is 44.7 Å². The number of hydrogen-bond acceptors (Lipinski definition) is 4. The molecule has 0 fully saturated rings. The molecular weight excluding hydrogens is 390 g/mol. The van der Waals surface area contributed by atoms with E-state index in [0.29, 0.717) is 11.3 Å². The van der Waals surface area contributed by atoms with Gasteiger partial charge in [0.2, 0.25) is 5.91 Å². The van der Waals surface area contributed by atoms with Gasteiger partial charge in [0.05, 0.1) is 5.92 Å². The van der Waals surface area contributed by atoms with E-state index in [1.165, 1.54) is 0 Å². The number of allylic oxidation sites excluding steroid dienone is 2. The van der Waals surface area contributed by atoms with Crippen LogP contribution in [0.15, 0.2) is 66.2 Å². The largest absolute Gasteiger partial charge is 0.460 e. The second kappa shape index (κ2) is 7.49. The minimum atomic E-state index is -1.29. The molecule has 5 nitrogen and oxygen atoms in total. The Morgan fingerprint density at radius 1 is 1.06 bits per heavy atom. The van der Waals surface area contributed by atoms with Crippen molar-refractivity contribution in [2.75, 3.05) is 5.32 Å². The van der Waals surface area contributed by atoms with Crippen LogP contribution in [0.25, 0.3) is 0 Å². The Bertz CT molecular complexity index is 1070. The van der Waals surface area contributed by atoms with Crippen LogP contribution in [0.2, 0.25) is 0 Å². The number of carbonyl (C=O) groups excluding carboxylic acids is 3. The maximum absolute atomic E-state index is 13.8. The zero-order chi connectivity index (χ0) is 22.4. The summed E-state index contributed by atoms with van der Waals surface area (Å²) in [7, 11) is 0. The first kappa shape index (κ1) is 21.0. The summed E-state index contributed by atoms with van der Waals surface area (Å²) in [5.41, 5.74) is 0.720. The number of para-hydroxylation sites is 1. The molecule has 160 valence electrons. The van der Waals surface area contributed by atoms with Crippen molar-refractivity contribution in [1.29, 1.82) is 0 Å². The number of aldehydes is 1. The number of amides is 1. The van der Waals surface area contributed by atoms with Crippen LogP contribution < -0.4 is 5.32 Å². The first-order chi connectivity index (χ1) is 14.7. The maximum atomic E-state index is 13.8. The van der Waals surface area contributed by atoms with Crippen molar-refractivity contribution >= 4 is 23.9 Å². The number of carbonyl (C=O) groups is 3. The molecule has 2 aromatic rings. The summed E-state index contributed by atoms with van der Waals surface area (Å²) in [4.78, 5) is 39.6. The lowest BCUT2D eigenvalue weighted by molar-refractivity contribution is -0.167. The van der Waals surface area contributed by atoms with E-state index in [-0.39, 0.29) is 11.8 Å². The van der Waals surface area contributed by atoms with Crippen LogP contribution in [0.5, 0.6) is 0 Å². The van der Waals surface area contributed by atoms with Gasteiger partial charge in [-0.25, -0.2) is 0 Å². The highest BCUT2D eigenvalue weighted by molar-refractivity contribution is 6.11. The average molecular weight is 418 g/mol. The fourth-order valence-electron chi connectivity index (χ4n) is 5.22. The standard InChI is InChI=1S/C26H27NO4/c1-16-14-18(15-28)22(17-10-6-5-7-11-17)26(21(16)23(29)31-25(2,3)4)19-12-8-9-13-20(19)27-24(26)30/h5-16,21-22H,1-4H3,(H,27,30)/t16-,21-,22-,26+/m0/s1. The molecule has 4 rings (SSSR count). The van der Waals surface area contributed by atoms with E-state index in [4.69, 9.17) is 4.74 Å². The second-order valence-electron chi connectivity index (χ2n) is 9.37. The summed E-state index contributed by atoms with van der Waals surface area (Å²) in [5, 5.41) is 2.98. The molecule has 0 aromatic heterocycles. The number of hydrogen-bond donors (Lipinski definition) is 1. The Labute approximate surface area is 182 Å². The van der Waals surface area contributed by atoms with Gasteiger partial charge in [-0.1, -0.05) is 61.5 Å². The Hall–Kier alpha value is -3.21. The van der Waals surface area contributed by atoms with E-state index in [2.05, 4.69) is 5.32 Å². The number of fused-ring (bicyclic) bond motifs is 2. The molecule has 1 aliphatic heterocycles. The lowest BCUT2D eigenvalue weighted by atomic mass is 9.53. The van der Waals surface area contributed by atoms with Gasteiger partial charge in [0.1, 0.15) is 17.3 Å². The second-order valence-corrected chi connectivity index (χ2v) is 9.37. The van der Waals surface area contributed by atoms with Crippen LogP contribution in [0.4, 0.5) is 5.69 Å². The van der Waals surface area contributed by atoms with E-state index in [1.807, 2.05) is 88.4 Å². The van der Waals surface area contributed by atoms with Gasteiger partial charge in [0, 0.05) is 11.6 Å². The van der Waals surface area contributed by atoms with E-state index in [1.54, 1.807) is 0 Å². The van der Waals surface area contributed by atoms with Crippen molar-refractivity contribution in [3.63, 3.8) is 0 Å². The van der Waals surface area contributed by atoms with Crippen LogP contribution in [0.3, 0.4) is 0 Å². The van der Waals surface area contributed by atoms with Gasteiger partial charge in [0.25, 0.3) is 0 Å². The van der Waals surface area contributed by atoms with Crippen molar-refractivity contribution in [2.45, 2.75) is 44.6 Å². The zero-order valence-corrected chi connectivity index (χ0v) is 18.2. The molecule has 1 spiro atoms. The minimum absolute atomic E-state index is 0.280. The summed E-state index contributed by atoms with van der Waals surface area (Å²) in [6, 6.07) is 16.9. The molecule has 1 heterocycles. The number of nitrogens with one attached hydrogen (secondary N) is 1. The highest BCUT2D eigenvalue weighted by Crippen LogP contribution is 2.59. The molecule has 0 unspecified atom stereocenters. The smallest absolute Gasteiger partial charge is 0.311 e. The van der Waals surface area contributed by atoms with Crippen LogP contribution in [0, 0.1) is 11.8 Å². The molecule has 0 saturated carbocycles. The summed E-state index contributed by atoms with van der Waals surface area (Å²) in [6.45, 7) is 7.31. The zero-order valence-electron chi connectivity index (χ0n) is 18.2. The lowest BCUT2D eigenvalue weighted by Gasteiger charge is -2.47. The average Bonchev–Trinajstić information content (AvgIpc) is 2.99. The summed E-state index contributed by atoms with van der Waals surface area (Å²) in [5.74, 6) is -2.48. The Morgan fingerprint density at radius 3 is 2.35 bits per heavy atom. The molecule has 2 aromatic carbocycles. The number of esters is 1. The molecule has 31 heavy (non-hydrogen) atoms. The summed E-state index contributed by atoms with van der Waals surface area (Å²) >= 11 is 0. The van der Waals surface area contributed by atoms with E-state index in [9.17, 15) is 14.4 Å². The third kappa shape index (κ3) is 3.29. The highest BCUT2D eigenvalue weighted by atomic mass is 16.6. The minimum Gasteiger partial charge on any atom is -0.460 e. The van der Waals surface area contributed by atoms with Crippen LogP contribution in [-0.2, 0) is 24.5 Å². The van der Waals surface area contributed by atoms with Gasteiger partial charge >= 0.3 is 5.97 Å². The topological polar surface area (TPSA) is 72.5 Å². The Morgan fingerprint density at radius 2 is 1.71 bits per heavy atom. The quantitative estimate of drug-likeness (QED) is 0.594. The summed E-state index contributed by atoms with van der Waals surface area (Å²) < 4.78 is 5.81. The van der Waals surface area contributed by atoms with Gasteiger partial charge in [-0.3, -0.25) is 14.4 Å². The molecule has 0 bridgehead atoms. The summed E-state index contributed by atoms with van der Waals surface area (Å²) in [6.07, 6.45) is 2.63. The third-order valence-electron chi connectivity index (χ3n) is 6.19. The van der Waals surface area contributed by atoms with Gasteiger partial charge < -0.3 is 10.1 Å². The van der Waals surface area contributed by atoms with Crippen LogP contribution in [-0.4, -0.2) is 23.8 Å². The van der Waals surface area contributed by atoms with Crippen molar-refractivity contribution in [3.05, 3.63) is 77.4 Å². The molecular formula is C26H27NO4. The van der Waals surface area contributed by atoms with Crippen molar-refractivity contribution < 1.29 is 19.1 Å². The maximum Gasteiger partial charge on any atom is 0.311 e. The van der Waals surface area contributed by atoms with E-state index in [0.717, 1.165) is 17.4 Å². The lowest BCUT2D eigenvalue weighted by Crippen LogP contribution is -2.55. The first-order valence-corrected chi connectivity index (χ1v) is 10.6. The number of anilines is 1. The Kier molecular flexibility index (Phi) is 5.08. The fraction of sp³-hybridized carbons (Fsp3) is 0.346. The van der Waals surface area contributed by atoms with Crippen molar-refractivity contribution in [3.8, 4) is 0 Å². The monoisotopic (exact) mass is 417 g/mol. The molecule has 4 atom stereocenters. The van der Waals surface area contributed by atoms with E-state index >= 15 is 0 Å². The number of rotatable bonds is 3. The van der Waals surface area contributed by atoms with E-state index < -0.39 is 28.8 Å². The van der Waals surface area contributed by atoms with Crippen molar-refractivity contribution in [2.24, 2.45) is 11.8 Å². The molecule has 5 heteroatoms. The number of ether oxygens (including phenoxy) is 1. The Balaban J connectivity index is 2.04. The third-order valence-corrected chi connectivity index (χ3v) is 6.19. The van der Waals surface area contributed by atoms with Crippen molar-refractivity contribution in [1.82, 2.24) is 0 Å². The predicted molar refractivity (Wildman–Crippen MR) is 119 cm³/mol.